The molecule has 0 bridgehead atoms. The maximum atomic E-state index is 5.26. The molecular formula is C12H15NO2. The lowest BCUT2D eigenvalue weighted by Crippen LogP contribution is -2.07. The van der Waals surface area contributed by atoms with Crippen LogP contribution in [0.3, 0.4) is 0 Å². The average molecular weight is 205 g/mol. The molecule has 3 nitrogen and oxygen atoms in total. The van der Waals surface area contributed by atoms with Gasteiger partial charge in [-0.2, -0.15) is 0 Å². The summed E-state index contributed by atoms with van der Waals surface area (Å²) in [7, 11) is 3.30. The van der Waals surface area contributed by atoms with E-state index >= 15 is 0 Å². The predicted octanol–water partition coefficient (Wildman–Crippen LogP) is 1.69. The van der Waals surface area contributed by atoms with Crippen LogP contribution in [0.2, 0.25) is 0 Å². The van der Waals surface area contributed by atoms with Gasteiger partial charge in [-0.1, -0.05) is 12.1 Å². The number of benzene rings is 1. The zero-order chi connectivity index (χ0) is 10.7. The van der Waals surface area contributed by atoms with E-state index in [-0.39, 0.29) is 0 Å². The lowest BCUT2D eigenvalue weighted by Gasteiger charge is -2.09. The van der Waals surface area contributed by atoms with Gasteiger partial charge in [0, 0.05) is 13.1 Å². The lowest BCUT2D eigenvalue weighted by atomic mass is 10.1. The Kier molecular flexibility index (Phi) is 2.92. The van der Waals surface area contributed by atoms with E-state index in [1.807, 2.05) is 12.1 Å². The molecule has 0 radical (unpaired) electrons. The maximum absolute atomic E-state index is 5.26. The summed E-state index contributed by atoms with van der Waals surface area (Å²) in [6.07, 6.45) is 2.20. The number of ether oxygens (including phenoxy) is 2. The molecule has 0 spiro atoms. The standard InChI is InChI=1S/C12H15NO2/c1-14-11-4-3-9(7-12(11)15-2)10-5-6-13-8-10/h3-5,7,13H,6,8H2,1-2H3. The fraction of sp³-hybridized carbons (Fsp3) is 0.333. The fourth-order valence-electron chi connectivity index (χ4n) is 1.73. The summed E-state index contributed by atoms with van der Waals surface area (Å²) in [5, 5.41) is 3.27. The van der Waals surface area contributed by atoms with Crippen LogP contribution in [0, 0.1) is 0 Å². The van der Waals surface area contributed by atoms with Crippen molar-refractivity contribution in [2.24, 2.45) is 0 Å². The molecule has 0 aliphatic carbocycles. The van der Waals surface area contributed by atoms with Crippen molar-refractivity contribution in [3.05, 3.63) is 29.8 Å². The summed E-state index contributed by atoms with van der Waals surface area (Å²) in [5.41, 5.74) is 2.51. The van der Waals surface area contributed by atoms with Gasteiger partial charge in [0.25, 0.3) is 0 Å². The number of methoxy groups -OCH3 is 2. The van der Waals surface area contributed by atoms with Gasteiger partial charge in [-0.05, 0) is 23.3 Å². The molecule has 0 atom stereocenters. The summed E-state index contributed by atoms with van der Waals surface area (Å²) in [6, 6.07) is 6.01. The fourth-order valence-corrected chi connectivity index (χ4v) is 1.73. The summed E-state index contributed by atoms with van der Waals surface area (Å²) in [5.74, 6) is 1.55. The monoisotopic (exact) mass is 205 g/mol. The summed E-state index contributed by atoms with van der Waals surface area (Å²) < 4.78 is 10.5. The third-order valence-electron chi connectivity index (χ3n) is 2.56. The molecule has 1 aliphatic rings. The van der Waals surface area contributed by atoms with Crippen LogP contribution >= 0.6 is 0 Å². The highest BCUT2D eigenvalue weighted by molar-refractivity contribution is 5.71. The van der Waals surface area contributed by atoms with E-state index in [0.717, 1.165) is 24.6 Å². The molecule has 80 valence electrons. The molecule has 2 rings (SSSR count). The highest BCUT2D eigenvalue weighted by Gasteiger charge is 2.10. The highest BCUT2D eigenvalue weighted by atomic mass is 16.5. The Morgan fingerprint density at radius 3 is 2.53 bits per heavy atom. The van der Waals surface area contributed by atoms with E-state index in [1.54, 1.807) is 14.2 Å². The summed E-state index contributed by atoms with van der Waals surface area (Å²) in [4.78, 5) is 0. The Morgan fingerprint density at radius 2 is 1.93 bits per heavy atom. The van der Waals surface area contributed by atoms with E-state index in [1.165, 1.54) is 11.1 Å². The number of nitrogens with one attached hydrogen (secondary N) is 1. The minimum absolute atomic E-state index is 0.771. The van der Waals surface area contributed by atoms with Gasteiger partial charge >= 0.3 is 0 Å². The second-order valence-corrected chi connectivity index (χ2v) is 3.43. The molecule has 1 heterocycles. The van der Waals surface area contributed by atoms with Gasteiger partial charge in [0.2, 0.25) is 0 Å². The molecule has 1 aromatic carbocycles. The van der Waals surface area contributed by atoms with Crippen molar-refractivity contribution in [3.8, 4) is 11.5 Å². The SMILES string of the molecule is COc1ccc(C2=CCNC2)cc1OC. The van der Waals surface area contributed by atoms with Crippen LogP contribution in [0.5, 0.6) is 11.5 Å². The van der Waals surface area contributed by atoms with Crippen LogP contribution in [0.4, 0.5) is 0 Å². The lowest BCUT2D eigenvalue weighted by molar-refractivity contribution is 0.355. The van der Waals surface area contributed by atoms with E-state index in [2.05, 4.69) is 17.5 Å². The molecule has 1 aliphatic heterocycles. The minimum Gasteiger partial charge on any atom is -0.493 e. The largest absolute Gasteiger partial charge is 0.493 e. The molecular weight excluding hydrogens is 190 g/mol. The Labute approximate surface area is 89.7 Å². The highest BCUT2D eigenvalue weighted by Crippen LogP contribution is 2.30. The number of hydrogen-bond donors (Lipinski definition) is 1. The second kappa shape index (κ2) is 4.36. The molecule has 1 N–H and O–H groups in total. The van der Waals surface area contributed by atoms with Gasteiger partial charge in [-0.3, -0.25) is 0 Å². The summed E-state index contributed by atoms with van der Waals surface area (Å²) in [6.45, 7) is 1.87. The molecule has 15 heavy (non-hydrogen) atoms. The van der Waals surface area contributed by atoms with Crippen molar-refractivity contribution in [1.82, 2.24) is 5.32 Å². The third kappa shape index (κ3) is 1.97. The molecule has 0 saturated heterocycles. The number of rotatable bonds is 3. The van der Waals surface area contributed by atoms with E-state index in [9.17, 15) is 0 Å². The van der Waals surface area contributed by atoms with Crippen LogP contribution in [0.1, 0.15) is 5.56 Å². The van der Waals surface area contributed by atoms with Crippen LogP contribution in [-0.2, 0) is 0 Å². The first-order chi connectivity index (χ1) is 7.35. The number of hydrogen-bond acceptors (Lipinski definition) is 3. The topological polar surface area (TPSA) is 30.5 Å². The smallest absolute Gasteiger partial charge is 0.161 e. The van der Waals surface area contributed by atoms with Gasteiger partial charge in [0.1, 0.15) is 0 Å². The molecule has 0 amide bonds. The quantitative estimate of drug-likeness (QED) is 0.814. The second-order valence-electron chi connectivity index (χ2n) is 3.43. The first-order valence-electron chi connectivity index (χ1n) is 4.97. The maximum Gasteiger partial charge on any atom is 0.161 e. The predicted molar refractivity (Wildman–Crippen MR) is 60.4 cm³/mol. The zero-order valence-electron chi connectivity index (χ0n) is 9.04. The minimum atomic E-state index is 0.771. The van der Waals surface area contributed by atoms with Crippen molar-refractivity contribution in [1.29, 1.82) is 0 Å². The average Bonchev–Trinajstić information content (AvgIpc) is 2.81. The van der Waals surface area contributed by atoms with E-state index in [4.69, 9.17) is 9.47 Å². The van der Waals surface area contributed by atoms with Crippen molar-refractivity contribution in [2.75, 3.05) is 27.3 Å². The molecule has 3 heteroatoms. The van der Waals surface area contributed by atoms with E-state index in [0.29, 0.717) is 0 Å². The normalized spacial score (nSPS) is 14.9. The Balaban J connectivity index is 2.34. The van der Waals surface area contributed by atoms with Gasteiger partial charge in [0.05, 0.1) is 14.2 Å². The van der Waals surface area contributed by atoms with Crippen LogP contribution in [0.25, 0.3) is 5.57 Å². The van der Waals surface area contributed by atoms with Gasteiger partial charge in [-0.25, -0.2) is 0 Å². The first kappa shape index (κ1) is 10.1. The first-order valence-corrected chi connectivity index (χ1v) is 4.97. The van der Waals surface area contributed by atoms with E-state index < -0.39 is 0 Å². The Bertz CT molecular complexity index is 385. The van der Waals surface area contributed by atoms with Gasteiger partial charge in [0.15, 0.2) is 11.5 Å². The molecule has 1 aromatic rings. The molecule has 0 fully saturated rings. The van der Waals surface area contributed by atoms with Crippen molar-refractivity contribution < 1.29 is 9.47 Å². The summed E-state index contributed by atoms with van der Waals surface area (Å²) >= 11 is 0. The van der Waals surface area contributed by atoms with Gasteiger partial charge < -0.3 is 14.8 Å². The zero-order valence-corrected chi connectivity index (χ0v) is 9.04. The third-order valence-corrected chi connectivity index (χ3v) is 2.56. The van der Waals surface area contributed by atoms with Crippen molar-refractivity contribution in [2.45, 2.75) is 0 Å². The molecule has 0 aromatic heterocycles. The van der Waals surface area contributed by atoms with Crippen molar-refractivity contribution >= 4 is 5.57 Å². The van der Waals surface area contributed by atoms with Gasteiger partial charge in [-0.15, -0.1) is 0 Å². The Hall–Kier alpha value is -1.48. The van der Waals surface area contributed by atoms with Crippen LogP contribution in [0.15, 0.2) is 24.3 Å². The van der Waals surface area contributed by atoms with Crippen molar-refractivity contribution in [3.63, 3.8) is 0 Å². The van der Waals surface area contributed by atoms with Crippen LogP contribution < -0.4 is 14.8 Å². The molecule has 0 unspecified atom stereocenters. The van der Waals surface area contributed by atoms with Crippen LogP contribution in [-0.4, -0.2) is 27.3 Å². The molecule has 0 saturated carbocycles. The Morgan fingerprint density at radius 1 is 1.13 bits per heavy atom.